The Morgan fingerprint density at radius 1 is 1.14 bits per heavy atom. The Morgan fingerprint density at radius 3 is 2.41 bits per heavy atom. The molecule has 1 aromatic heterocycles. The van der Waals surface area contributed by atoms with E-state index in [9.17, 15) is 4.79 Å². The Labute approximate surface area is 180 Å². The summed E-state index contributed by atoms with van der Waals surface area (Å²) < 4.78 is 2.79. The zero-order valence-electron chi connectivity index (χ0n) is 16.7. The number of benzene rings is 2. The van der Waals surface area contributed by atoms with E-state index in [1.165, 1.54) is 35.9 Å². The Morgan fingerprint density at radius 2 is 1.79 bits per heavy atom. The molecule has 0 radical (unpaired) electrons. The molecular formula is C23H25N3OS2. The topological polar surface area (TPSA) is 45.2 Å². The smallest absolute Gasteiger partial charge is 0.280 e. The molecule has 150 valence electrons. The second-order valence-electron chi connectivity index (χ2n) is 7.52. The zero-order valence-corrected chi connectivity index (χ0v) is 18.4. The highest BCUT2D eigenvalue weighted by molar-refractivity contribution is 7.97. The largest absolute Gasteiger partial charge is 0.343 e. The van der Waals surface area contributed by atoms with Gasteiger partial charge in [0.2, 0.25) is 0 Å². The number of carbonyl (C=O) groups excluding carboxylic acids is 1. The van der Waals surface area contributed by atoms with Gasteiger partial charge >= 0.3 is 0 Å². The van der Waals surface area contributed by atoms with Crippen LogP contribution in [0.2, 0.25) is 0 Å². The monoisotopic (exact) mass is 423 g/mol. The highest BCUT2D eigenvalue weighted by Crippen LogP contribution is 2.49. The van der Waals surface area contributed by atoms with Crippen LogP contribution < -0.4 is 9.62 Å². The molecule has 0 saturated heterocycles. The van der Waals surface area contributed by atoms with Gasteiger partial charge in [-0.3, -0.25) is 9.52 Å². The third-order valence-corrected chi connectivity index (χ3v) is 6.84. The maximum absolute atomic E-state index is 12.4. The fourth-order valence-corrected chi connectivity index (χ4v) is 4.90. The van der Waals surface area contributed by atoms with Crippen molar-refractivity contribution >= 4 is 34.3 Å². The molecule has 0 bridgehead atoms. The number of nitrogens with zero attached hydrogens (tertiary/aromatic N) is 2. The van der Waals surface area contributed by atoms with Crippen molar-refractivity contribution < 1.29 is 4.79 Å². The normalized spacial score (nSPS) is 14.4. The van der Waals surface area contributed by atoms with Crippen molar-refractivity contribution in [2.75, 3.05) is 17.7 Å². The van der Waals surface area contributed by atoms with Gasteiger partial charge in [0.05, 0.1) is 0 Å². The van der Waals surface area contributed by atoms with Crippen molar-refractivity contribution in [2.24, 2.45) is 0 Å². The Kier molecular flexibility index (Phi) is 5.92. The van der Waals surface area contributed by atoms with E-state index < -0.39 is 0 Å². The summed E-state index contributed by atoms with van der Waals surface area (Å²) in [5.41, 5.74) is 3.35. The molecule has 1 heterocycles. The van der Waals surface area contributed by atoms with Gasteiger partial charge in [-0.2, -0.15) is 0 Å². The van der Waals surface area contributed by atoms with Gasteiger partial charge in [-0.15, -0.1) is 11.3 Å². The lowest BCUT2D eigenvalue weighted by atomic mass is 9.95. The molecule has 1 amide bonds. The van der Waals surface area contributed by atoms with Crippen LogP contribution in [0.15, 0.2) is 60.7 Å². The van der Waals surface area contributed by atoms with Crippen LogP contribution in [0.5, 0.6) is 0 Å². The first-order chi connectivity index (χ1) is 14.1. The number of hydrogen-bond donors (Lipinski definition) is 1. The minimum absolute atomic E-state index is 0.124. The molecule has 0 aliphatic heterocycles. The van der Waals surface area contributed by atoms with Gasteiger partial charge in [-0.1, -0.05) is 72.6 Å². The molecule has 0 spiro atoms. The predicted octanol–water partition coefficient (Wildman–Crippen LogP) is 5.20. The van der Waals surface area contributed by atoms with Gasteiger partial charge < -0.3 is 4.90 Å². The number of aromatic nitrogens is 1. The van der Waals surface area contributed by atoms with Gasteiger partial charge in [-0.05, 0) is 30.9 Å². The molecule has 4 nitrogen and oxygen atoms in total. The third kappa shape index (κ3) is 4.49. The van der Waals surface area contributed by atoms with Gasteiger partial charge in [0.15, 0.2) is 5.13 Å². The average molecular weight is 424 g/mol. The van der Waals surface area contributed by atoms with Crippen LogP contribution >= 0.6 is 23.3 Å². The molecule has 1 saturated carbocycles. The number of nitrogens with one attached hydrogen (secondary N) is 1. The lowest BCUT2D eigenvalue weighted by Gasteiger charge is -2.28. The van der Waals surface area contributed by atoms with Gasteiger partial charge in [0.25, 0.3) is 5.91 Å². The summed E-state index contributed by atoms with van der Waals surface area (Å²) >= 11 is 2.91. The number of thiazole rings is 1. The minimum Gasteiger partial charge on any atom is -0.343 e. The molecule has 4 rings (SSSR count). The quantitative estimate of drug-likeness (QED) is 0.506. The Balaban J connectivity index is 1.64. The van der Waals surface area contributed by atoms with Crippen LogP contribution in [0, 0.1) is 6.92 Å². The van der Waals surface area contributed by atoms with E-state index in [-0.39, 0.29) is 11.3 Å². The summed E-state index contributed by atoms with van der Waals surface area (Å²) in [7, 11) is 0. The highest BCUT2D eigenvalue weighted by atomic mass is 32.2. The summed E-state index contributed by atoms with van der Waals surface area (Å²) in [5.74, 6) is -0.124. The number of amides is 1. The van der Waals surface area contributed by atoms with Gasteiger partial charge in [0.1, 0.15) is 5.69 Å². The zero-order chi connectivity index (χ0) is 20.3. The van der Waals surface area contributed by atoms with Gasteiger partial charge in [0, 0.05) is 29.6 Å². The number of rotatable bonds is 8. The van der Waals surface area contributed by atoms with Crippen LogP contribution in [0.4, 0.5) is 5.13 Å². The van der Waals surface area contributed by atoms with Gasteiger partial charge in [-0.25, -0.2) is 4.98 Å². The van der Waals surface area contributed by atoms with Crippen molar-refractivity contribution in [3.8, 4) is 0 Å². The number of aryl methyl sites for hydroxylation is 1. The number of hydrogen-bond acceptors (Lipinski definition) is 5. The lowest BCUT2D eigenvalue weighted by Crippen LogP contribution is -2.32. The van der Waals surface area contributed by atoms with E-state index in [0.29, 0.717) is 5.69 Å². The highest BCUT2D eigenvalue weighted by Gasteiger charge is 2.45. The molecule has 1 N–H and O–H groups in total. The predicted molar refractivity (Wildman–Crippen MR) is 123 cm³/mol. The minimum atomic E-state index is -0.124. The van der Waals surface area contributed by atoms with E-state index in [4.69, 9.17) is 4.98 Å². The molecule has 3 aromatic rings. The molecule has 2 aromatic carbocycles. The maximum Gasteiger partial charge on any atom is 0.280 e. The fraction of sp³-hybridized carbons (Fsp3) is 0.304. The molecule has 0 atom stereocenters. The number of carbonyl (C=O) groups is 1. The molecule has 29 heavy (non-hydrogen) atoms. The van der Waals surface area contributed by atoms with Crippen molar-refractivity contribution in [1.82, 2.24) is 9.71 Å². The van der Waals surface area contributed by atoms with E-state index in [2.05, 4.69) is 64.2 Å². The van der Waals surface area contributed by atoms with Crippen molar-refractivity contribution in [3.05, 3.63) is 82.4 Å². The van der Waals surface area contributed by atoms with Crippen molar-refractivity contribution in [3.63, 3.8) is 0 Å². The first-order valence-corrected chi connectivity index (χ1v) is 11.8. The van der Waals surface area contributed by atoms with Crippen LogP contribution in [0.3, 0.4) is 0 Å². The first-order valence-electron chi connectivity index (χ1n) is 9.76. The SMILES string of the molecule is CSNC(=O)c1nc(N(Cc2ccccc2)CC2(c3ccccc3)CC2)sc1C. The molecule has 1 aliphatic carbocycles. The van der Waals surface area contributed by atoms with Crippen LogP contribution in [0.1, 0.15) is 39.3 Å². The van der Waals surface area contributed by atoms with Crippen molar-refractivity contribution in [1.29, 1.82) is 0 Å². The second-order valence-corrected chi connectivity index (χ2v) is 9.32. The van der Waals surface area contributed by atoms with Crippen molar-refractivity contribution in [2.45, 2.75) is 31.7 Å². The van der Waals surface area contributed by atoms with E-state index >= 15 is 0 Å². The summed E-state index contributed by atoms with van der Waals surface area (Å²) in [5, 5.41) is 0.916. The van der Waals surface area contributed by atoms with E-state index in [0.717, 1.165) is 23.1 Å². The lowest BCUT2D eigenvalue weighted by molar-refractivity contribution is 0.0980. The second kappa shape index (κ2) is 8.59. The Hall–Kier alpha value is -2.31. The maximum atomic E-state index is 12.4. The Bertz CT molecular complexity index is 968. The van der Waals surface area contributed by atoms with Crippen LogP contribution in [-0.2, 0) is 12.0 Å². The summed E-state index contributed by atoms with van der Waals surface area (Å²) in [4.78, 5) is 20.4. The summed E-state index contributed by atoms with van der Waals surface area (Å²) in [6, 6.07) is 21.3. The molecule has 1 aliphatic rings. The molecule has 1 fully saturated rings. The van der Waals surface area contributed by atoms with E-state index in [1.54, 1.807) is 11.3 Å². The van der Waals surface area contributed by atoms with E-state index in [1.807, 2.05) is 19.2 Å². The average Bonchev–Trinajstić information content (AvgIpc) is 3.42. The molecular weight excluding hydrogens is 398 g/mol. The third-order valence-electron chi connectivity index (χ3n) is 5.42. The molecule has 0 unspecified atom stereocenters. The van der Waals surface area contributed by atoms with Crippen LogP contribution in [-0.4, -0.2) is 23.7 Å². The summed E-state index contributed by atoms with van der Waals surface area (Å²) in [6.07, 6.45) is 4.22. The first kappa shape index (κ1) is 20.0. The molecule has 6 heteroatoms. The summed E-state index contributed by atoms with van der Waals surface area (Å²) in [6.45, 7) is 3.66. The standard InChI is InChI=1S/C23H25N3OS2/c1-17-20(21(27)25-28-2)24-22(29-17)26(15-18-9-5-3-6-10-18)16-23(13-14-23)19-11-7-4-8-12-19/h3-12H,13-16H2,1-2H3,(H,25,27). The number of anilines is 1. The van der Waals surface area contributed by atoms with Crippen LogP contribution in [0.25, 0.3) is 0 Å². The fourth-order valence-electron chi connectivity index (χ4n) is 3.71.